The molecule has 8 nitrogen and oxygen atoms in total. The first-order valence-electron chi connectivity index (χ1n) is 12.6. The topological polar surface area (TPSA) is 103 Å². The number of methoxy groups -OCH3 is 1. The van der Waals surface area contributed by atoms with Gasteiger partial charge >= 0.3 is 5.97 Å². The summed E-state index contributed by atoms with van der Waals surface area (Å²) in [7, 11) is 1.54. The number of carbonyl (C=O) groups excluding carboxylic acids is 3. The Bertz CT molecular complexity index is 1320. The molecule has 2 N–H and O–H groups in total. The second-order valence-electron chi connectivity index (χ2n) is 9.20. The number of nitrogens with one attached hydrogen (secondary N) is 2. The lowest BCUT2D eigenvalue weighted by molar-refractivity contribution is -0.122. The maximum atomic E-state index is 13.1. The van der Waals surface area contributed by atoms with E-state index in [0.29, 0.717) is 39.2 Å². The fourth-order valence-corrected chi connectivity index (χ4v) is 5.75. The van der Waals surface area contributed by atoms with E-state index < -0.39 is 12.1 Å². The van der Waals surface area contributed by atoms with E-state index in [0.717, 1.165) is 29.7 Å². The Morgan fingerprint density at radius 3 is 2.53 bits per heavy atom. The smallest absolute Gasteiger partial charge is 0.341 e. The molecule has 4 rings (SSSR count). The Hall–Kier alpha value is -3.85. The Morgan fingerprint density at radius 1 is 1.08 bits per heavy atom. The van der Waals surface area contributed by atoms with E-state index in [1.807, 2.05) is 6.07 Å². The van der Waals surface area contributed by atoms with Gasteiger partial charge in [-0.1, -0.05) is 19.1 Å². The van der Waals surface area contributed by atoms with Gasteiger partial charge in [0.2, 0.25) is 0 Å². The third-order valence-corrected chi connectivity index (χ3v) is 7.55. The summed E-state index contributed by atoms with van der Waals surface area (Å²) in [5.74, 6) is 0.452. The number of ether oxygens (including phenoxy) is 3. The molecular formula is C29H32N2O6S. The van der Waals surface area contributed by atoms with Gasteiger partial charge in [-0.2, -0.15) is 0 Å². The Labute approximate surface area is 226 Å². The lowest BCUT2D eigenvalue weighted by Crippen LogP contribution is -2.30. The Kier molecular flexibility index (Phi) is 8.68. The zero-order valence-corrected chi connectivity index (χ0v) is 22.8. The zero-order valence-electron chi connectivity index (χ0n) is 22.0. The molecule has 0 bridgehead atoms. The fraction of sp³-hybridized carbons (Fsp3) is 0.345. The molecular weight excluding hydrogens is 504 g/mol. The van der Waals surface area contributed by atoms with E-state index in [9.17, 15) is 14.4 Å². The summed E-state index contributed by atoms with van der Waals surface area (Å²) in [4.78, 5) is 39.5. The Morgan fingerprint density at radius 2 is 1.82 bits per heavy atom. The maximum absolute atomic E-state index is 13.1. The standard InChI is InChI=1S/C29H32N2O6S/c1-5-36-29(34)25-21-15-10-17(2)16-24(21)38-28(25)31-27(33)19-11-13-20(14-12-19)37-18(3)26(32)30-22-8-6-7-9-23(22)35-4/h6-9,11-14,17-18H,5,10,15-16H2,1-4H3,(H,30,32)(H,31,33)/t17-,18-/m1/s1. The second kappa shape index (κ2) is 12.1. The first-order chi connectivity index (χ1) is 18.3. The number of hydrogen-bond acceptors (Lipinski definition) is 7. The van der Waals surface area contributed by atoms with Gasteiger partial charge in [0.05, 0.1) is 25.0 Å². The number of carbonyl (C=O) groups is 3. The summed E-state index contributed by atoms with van der Waals surface area (Å²) in [6, 6.07) is 13.6. The summed E-state index contributed by atoms with van der Waals surface area (Å²) in [5.41, 5.74) is 2.42. The number of thiophene rings is 1. The largest absolute Gasteiger partial charge is 0.495 e. The van der Waals surface area contributed by atoms with Gasteiger partial charge in [-0.05, 0) is 81.0 Å². The van der Waals surface area contributed by atoms with E-state index in [2.05, 4.69) is 17.6 Å². The molecule has 0 saturated carbocycles. The molecule has 1 aromatic heterocycles. The third-order valence-electron chi connectivity index (χ3n) is 6.38. The van der Waals surface area contributed by atoms with Crippen molar-refractivity contribution in [3.8, 4) is 11.5 Å². The molecule has 3 aromatic rings. The second-order valence-corrected chi connectivity index (χ2v) is 10.3. The van der Waals surface area contributed by atoms with E-state index >= 15 is 0 Å². The van der Waals surface area contributed by atoms with Crippen molar-refractivity contribution in [2.75, 3.05) is 24.4 Å². The SMILES string of the molecule is CCOC(=O)c1c(NC(=O)c2ccc(O[C@H](C)C(=O)Nc3ccccc3OC)cc2)sc2c1CC[C@@H](C)C2. The van der Waals surface area contributed by atoms with Crippen LogP contribution in [-0.2, 0) is 22.4 Å². The summed E-state index contributed by atoms with van der Waals surface area (Å²) < 4.78 is 16.3. The van der Waals surface area contributed by atoms with E-state index in [1.54, 1.807) is 56.3 Å². The van der Waals surface area contributed by atoms with Crippen LogP contribution in [0.2, 0.25) is 0 Å². The summed E-state index contributed by atoms with van der Waals surface area (Å²) in [5, 5.41) is 6.23. The van der Waals surface area contributed by atoms with E-state index in [4.69, 9.17) is 14.2 Å². The predicted molar refractivity (Wildman–Crippen MR) is 148 cm³/mol. The fourth-order valence-electron chi connectivity index (χ4n) is 4.36. The molecule has 0 spiro atoms. The van der Waals surface area contributed by atoms with Crippen molar-refractivity contribution >= 4 is 39.8 Å². The minimum Gasteiger partial charge on any atom is -0.495 e. The lowest BCUT2D eigenvalue weighted by atomic mass is 9.88. The molecule has 2 aromatic carbocycles. The van der Waals surface area contributed by atoms with Crippen LogP contribution < -0.4 is 20.1 Å². The van der Waals surface area contributed by atoms with Crippen LogP contribution >= 0.6 is 11.3 Å². The van der Waals surface area contributed by atoms with Crippen molar-refractivity contribution in [1.29, 1.82) is 0 Å². The van der Waals surface area contributed by atoms with Crippen LogP contribution in [0.25, 0.3) is 0 Å². The molecule has 1 aliphatic rings. The predicted octanol–water partition coefficient (Wildman–Crippen LogP) is 5.72. The van der Waals surface area contributed by atoms with E-state index in [-0.39, 0.29) is 18.4 Å². The van der Waals surface area contributed by atoms with Gasteiger partial charge in [0.25, 0.3) is 11.8 Å². The number of anilines is 2. The van der Waals surface area contributed by atoms with Crippen molar-refractivity contribution < 1.29 is 28.6 Å². The minimum atomic E-state index is -0.786. The highest BCUT2D eigenvalue weighted by atomic mass is 32.1. The summed E-state index contributed by atoms with van der Waals surface area (Å²) in [6.07, 6.45) is 1.90. The van der Waals surface area contributed by atoms with Crippen molar-refractivity contribution in [2.45, 2.75) is 46.1 Å². The number of benzene rings is 2. The molecule has 1 aliphatic carbocycles. The van der Waals surface area contributed by atoms with Crippen LogP contribution in [0.3, 0.4) is 0 Å². The average Bonchev–Trinajstić information content (AvgIpc) is 3.26. The highest BCUT2D eigenvalue weighted by Crippen LogP contribution is 2.40. The molecule has 1 heterocycles. The van der Waals surface area contributed by atoms with E-state index in [1.165, 1.54) is 18.4 Å². The van der Waals surface area contributed by atoms with Gasteiger partial charge < -0.3 is 24.8 Å². The van der Waals surface area contributed by atoms with Crippen molar-refractivity contribution in [1.82, 2.24) is 0 Å². The van der Waals surface area contributed by atoms with Crippen molar-refractivity contribution in [3.63, 3.8) is 0 Å². The van der Waals surface area contributed by atoms with Gasteiger partial charge in [0.15, 0.2) is 6.10 Å². The zero-order chi connectivity index (χ0) is 27.2. The Balaban J connectivity index is 1.42. The summed E-state index contributed by atoms with van der Waals surface area (Å²) >= 11 is 1.45. The molecule has 2 amide bonds. The molecule has 0 saturated heterocycles. The average molecular weight is 537 g/mol. The number of fused-ring (bicyclic) bond motifs is 1. The van der Waals surface area contributed by atoms with Crippen LogP contribution in [0.5, 0.6) is 11.5 Å². The normalized spacial score (nSPS) is 15.1. The molecule has 0 unspecified atom stereocenters. The van der Waals surface area contributed by atoms with Crippen molar-refractivity contribution in [3.05, 3.63) is 70.1 Å². The maximum Gasteiger partial charge on any atom is 0.341 e. The van der Waals surface area contributed by atoms with Gasteiger partial charge in [-0.15, -0.1) is 11.3 Å². The van der Waals surface area contributed by atoms with Gasteiger partial charge in [0, 0.05) is 10.4 Å². The minimum absolute atomic E-state index is 0.268. The van der Waals surface area contributed by atoms with Crippen LogP contribution in [0.15, 0.2) is 48.5 Å². The molecule has 2 atom stereocenters. The quantitative estimate of drug-likeness (QED) is 0.339. The molecule has 0 radical (unpaired) electrons. The highest BCUT2D eigenvalue weighted by Gasteiger charge is 2.29. The molecule has 38 heavy (non-hydrogen) atoms. The number of hydrogen-bond donors (Lipinski definition) is 2. The monoisotopic (exact) mass is 536 g/mol. The van der Waals surface area contributed by atoms with Crippen LogP contribution in [0, 0.1) is 5.92 Å². The molecule has 9 heteroatoms. The van der Waals surface area contributed by atoms with Crippen LogP contribution in [0.4, 0.5) is 10.7 Å². The lowest BCUT2D eigenvalue weighted by Gasteiger charge is -2.18. The van der Waals surface area contributed by atoms with Gasteiger partial charge in [-0.3, -0.25) is 9.59 Å². The third kappa shape index (κ3) is 6.16. The highest BCUT2D eigenvalue weighted by molar-refractivity contribution is 7.17. The number of rotatable bonds is 9. The first kappa shape index (κ1) is 27.2. The van der Waals surface area contributed by atoms with Gasteiger partial charge in [0.1, 0.15) is 16.5 Å². The van der Waals surface area contributed by atoms with Crippen LogP contribution in [-0.4, -0.2) is 37.6 Å². The molecule has 200 valence electrons. The molecule has 0 fully saturated rings. The summed E-state index contributed by atoms with van der Waals surface area (Å²) in [6.45, 7) is 5.87. The van der Waals surface area contributed by atoms with Gasteiger partial charge in [-0.25, -0.2) is 4.79 Å². The number of esters is 1. The van der Waals surface area contributed by atoms with Crippen molar-refractivity contribution in [2.24, 2.45) is 5.92 Å². The molecule has 0 aliphatic heterocycles. The first-order valence-corrected chi connectivity index (χ1v) is 13.5. The number of para-hydroxylation sites is 2. The van der Waals surface area contributed by atoms with Crippen LogP contribution in [0.1, 0.15) is 58.3 Å². The number of amides is 2.